The highest BCUT2D eigenvalue weighted by atomic mass is 35.5. The first kappa shape index (κ1) is 21.1. The minimum Gasteiger partial charge on any atom is -0.497 e. The average Bonchev–Trinajstić information content (AvgIpc) is 3.18. The van der Waals surface area contributed by atoms with E-state index in [2.05, 4.69) is 67.7 Å². The number of hydrogen-bond acceptors (Lipinski definition) is 3. The number of nitrogens with one attached hydrogen (secondary N) is 3. The zero-order chi connectivity index (χ0) is 23.1. The van der Waals surface area contributed by atoms with E-state index < -0.39 is 0 Å². The third-order valence-electron chi connectivity index (χ3n) is 6.74. The summed E-state index contributed by atoms with van der Waals surface area (Å²) in [5.41, 5.74) is 6.75. The number of para-hydroxylation sites is 1. The number of hydrogen-bond donors (Lipinski definition) is 3. The van der Waals surface area contributed by atoms with Crippen LogP contribution in [0.25, 0.3) is 10.9 Å². The molecule has 0 spiro atoms. The Labute approximate surface area is 203 Å². The van der Waals surface area contributed by atoms with Crippen molar-refractivity contribution in [3.63, 3.8) is 0 Å². The van der Waals surface area contributed by atoms with Crippen molar-refractivity contribution in [1.82, 2.24) is 9.88 Å². The lowest BCUT2D eigenvalue weighted by Crippen LogP contribution is -2.45. The molecule has 34 heavy (non-hydrogen) atoms. The highest BCUT2D eigenvalue weighted by molar-refractivity contribution is 6.31. The number of ether oxygens (including phenoxy) is 1. The summed E-state index contributed by atoms with van der Waals surface area (Å²) in [6.07, 6.45) is 2.13. The van der Waals surface area contributed by atoms with Crippen LogP contribution in [-0.4, -0.2) is 53.6 Å². The fourth-order valence-corrected chi connectivity index (χ4v) is 5.07. The van der Waals surface area contributed by atoms with Gasteiger partial charge in [-0.2, -0.15) is 0 Å². The van der Waals surface area contributed by atoms with Crippen LogP contribution in [0.5, 0.6) is 5.75 Å². The summed E-state index contributed by atoms with van der Waals surface area (Å²) in [4.78, 5) is 5.92. The first-order chi connectivity index (χ1) is 16.7. The summed E-state index contributed by atoms with van der Waals surface area (Å²) in [6.45, 7) is 4.77. The normalized spacial score (nSPS) is 15.8. The van der Waals surface area contributed by atoms with Gasteiger partial charge in [0, 0.05) is 47.8 Å². The maximum Gasteiger partial charge on any atom is 0.284 e. The Morgan fingerprint density at radius 1 is 0.941 bits per heavy atom. The van der Waals surface area contributed by atoms with Crippen molar-refractivity contribution >= 4 is 45.4 Å². The standard InChI is InChI=1S/C27H26ClN5O/c1-34-20-7-9-23-22(15-20)18(16-29-23)17-32-10-12-33(13-11-32)27-21-4-2-3-5-24(21)30-25-8-6-19(28)14-26(25)31-27/h2-9,14-16,29H,10-13,17H2,1H3,(H,30,31)/p+1. The number of piperazine rings is 1. The Hall–Kier alpha value is -3.48. The van der Waals surface area contributed by atoms with Crippen LogP contribution in [0.2, 0.25) is 5.02 Å². The van der Waals surface area contributed by atoms with Gasteiger partial charge in [-0.3, -0.25) is 9.48 Å². The molecule has 1 aromatic heterocycles. The molecule has 0 amide bonds. The van der Waals surface area contributed by atoms with Gasteiger partial charge < -0.3 is 15.0 Å². The summed E-state index contributed by atoms with van der Waals surface area (Å²) in [7, 11) is 1.71. The van der Waals surface area contributed by atoms with Gasteiger partial charge >= 0.3 is 0 Å². The predicted octanol–water partition coefficient (Wildman–Crippen LogP) is 5.27. The van der Waals surface area contributed by atoms with Crippen molar-refractivity contribution in [2.75, 3.05) is 43.9 Å². The molecule has 1 saturated heterocycles. The third kappa shape index (κ3) is 3.89. The molecule has 0 unspecified atom stereocenters. The minimum atomic E-state index is 0.721. The number of H-pyrrole nitrogens is 1. The van der Waals surface area contributed by atoms with Gasteiger partial charge in [0.2, 0.25) is 0 Å². The SMILES string of the molecule is COc1ccc2[nH]cc(CN3CC[N+](=C4Nc5cc(Cl)ccc5Nc5ccccc54)CC3)c2c1. The molecule has 0 bridgehead atoms. The molecule has 1 fully saturated rings. The molecule has 172 valence electrons. The van der Waals surface area contributed by atoms with Gasteiger partial charge in [-0.05, 0) is 48.0 Å². The Bertz CT molecular complexity index is 1400. The number of fused-ring (bicyclic) bond motifs is 3. The number of amidine groups is 1. The number of anilines is 3. The Kier molecular flexibility index (Phi) is 5.40. The van der Waals surface area contributed by atoms with Gasteiger partial charge in [-0.25, -0.2) is 5.32 Å². The number of nitrogens with zero attached hydrogens (tertiary/aromatic N) is 2. The number of halogens is 1. The molecule has 7 heteroatoms. The first-order valence-corrected chi connectivity index (χ1v) is 12.0. The van der Waals surface area contributed by atoms with Crippen molar-refractivity contribution < 1.29 is 9.31 Å². The molecule has 6 rings (SSSR count). The molecule has 2 aliphatic rings. The number of benzene rings is 3. The van der Waals surface area contributed by atoms with E-state index in [0.29, 0.717) is 0 Å². The summed E-state index contributed by atoms with van der Waals surface area (Å²) in [5, 5.41) is 9.21. The van der Waals surface area contributed by atoms with Crippen LogP contribution in [0.1, 0.15) is 11.1 Å². The Morgan fingerprint density at radius 3 is 2.65 bits per heavy atom. The topological polar surface area (TPSA) is 55.3 Å². The van der Waals surface area contributed by atoms with Crippen molar-refractivity contribution in [2.24, 2.45) is 0 Å². The van der Waals surface area contributed by atoms with E-state index in [9.17, 15) is 0 Å². The highest BCUT2D eigenvalue weighted by Crippen LogP contribution is 2.34. The lowest BCUT2D eigenvalue weighted by Gasteiger charge is -2.28. The molecule has 0 atom stereocenters. The van der Waals surface area contributed by atoms with Crippen LogP contribution in [0.4, 0.5) is 17.1 Å². The number of methoxy groups -OCH3 is 1. The van der Waals surface area contributed by atoms with Crippen molar-refractivity contribution in [1.29, 1.82) is 0 Å². The fraction of sp³-hybridized carbons (Fsp3) is 0.222. The second-order valence-electron chi connectivity index (χ2n) is 8.82. The van der Waals surface area contributed by atoms with Crippen LogP contribution < -0.4 is 15.4 Å². The molecule has 3 N–H and O–H groups in total. The van der Waals surface area contributed by atoms with E-state index in [1.807, 2.05) is 24.3 Å². The molecule has 0 saturated carbocycles. The molecule has 3 heterocycles. The van der Waals surface area contributed by atoms with E-state index in [1.54, 1.807) is 7.11 Å². The third-order valence-corrected chi connectivity index (χ3v) is 6.98. The van der Waals surface area contributed by atoms with Gasteiger partial charge in [0.05, 0.1) is 37.1 Å². The maximum absolute atomic E-state index is 6.31. The van der Waals surface area contributed by atoms with E-state index >= 15 is 0 Å². The zero-order valence-electron chi connectivity index (χ0n) is 19.1. The largest absolute Gasteiger partial charge is 0.497 e. The van der Waals surface area contributed by atoms with Crippen LogP contribution in [0, 0.1) is 0 Å². The quantitative estimate of drug-likeness (QED) is 0.355. The summed E-state index contributed by atoms with van der Waals surface area (Å²) in [6, 6.07) is 20.6. The van der Waals surface area contributed by atoms with Crippen LogP contribution in [0.15, 0.2) is 66.9 Å². The van der Waals surface area contributed by atoms with Gasteiger partial charge in [0.25, 0.3) is 5.84 Å². The first-order valence-electron chi connectivity index (χ1n) is 11.6. The molecule has 4 aromatic rings. The second kappa shape index (κ2) is 8.70. The molecular weight excluding hydrogens is 446 g/mol. The predicted molar refractivity (Wildman–Crippen MR) is 139 cm³/mol. The summed E-state index contributed by atoms with van der Waals surface area (Å²) >= 11 is 6.31. The fourth-order valence-electron chi connectivity index (χ4n) is 4.90. The van der Waals surface area contributed by atoms with Crippen molar-refractivity contribution in [2.45, 2.75) is 6.54 Å². The number of rotatable bonds is 3. The van der Waals surface area contributed by atoms with Gasteiger partial charge in [-0.15, -0.1) is 0 Å². The van der Waals surface area contributed by atoms with Crippen molar-refractivity contribution in [3.8, 4) is 5.75 Å². The number of aromatic amines is 1. The molecule has 3 aromatic carbocycles. The van der Waals surface area contributed by atoms with Gasteiger partial charge in [-0.1, -0.05) is 23.7 Å². The Morgan fingerprint density at radius 2 is 1.79 bits per heavy atom. The molecule has 0 radical (unpaired) electrons. The van der Waals surface area contributed by atoms with E-state index in [1.165, 1.54) is 16.5 Å². The zero-order valence-corrected chi connectivity index (χ0v) is 19.8. The lowest BCUT2D eigenvalue weighted by atomic mass is 10.1. The van der Waals surface area contributed by atoms with E-state index in [0.717, 1.165) is 71.9 Å². The monoisotopic (exact) mass is 472 g/mol. The Balaban J connectivity index is 1.26. The average molecular weight is 473 g/mol. The molecule has 0 aliphatic carbocycles. The number of aromatic nitrogens is 1. The molecule has 6 nitrogen and oxygen atoms in total. The van der Waals surface area contributed by atoms with Crippen LogP contribution in [-0.2, 0) is 6.54 Å². The van der Waals surface area contributed by atoms with Crippen LogP contribution >= 0.6 is 11.6 Å². The summed E-state index contributed by atoms with van der Waals surface area (Å²) in [5.74, 6) is 2.02. The smallest absolute Gasteiger partial charge is 0.284 e. The second-order valence-corrected chi connectivity index (χ2v) is 9.26. The highest BCUT2D eigenvalue weighted by Gasteiger charge is 2.28. The summed E-state index contributed by atoms with van der Waals surface area (Å²) < 4.78 is 7.88. The van der Waals surface area contributed by atoms with Crippen LogP contribution in [0.3, 0.4) is 0 Å². The van der Waals surface area contributed by atoms with Gasteiger partial charge in [0.15, 0.2) is 0 Å². The molecular formula is C27H27ClN5O+. The maximum atomic E-state index is 6.31. The lowest BCUT2D eigenvalue weighted by molar-refractivity contribution is -0.539. The van der Waals surface area contributed by atoms with E-state index in [4.69, 9.17) is 16.3 Å². The van der Waals surface area contributed by atoms with Gasteiger partial charge in [0.1, 0.15) is 11.4 Å². The van der Waals surface area contributed by atoms with E-state index in [-0.39, 0.29) is 0 Å². The molecule has 2 aliphatic heterocycles. The van der Waals surface area contributed by atoms with Crippen molar-refractivity contribution in [3.05, 3.63) is 83.0 Å². The minimum absolute atomic E-state index is 0.721.